The minimum Gasteiger partial charge on any atom is -0.466 e. The molecule has 0 amide bonds. The fourth-order valence-electron chi connectivity index (χ4n) is 5.06. The van der Waals surface area contributed by atoms with E-state index in [4.69, 9.17) is 4.74 Å². The fraction of sp³-hybridized carbons (Fsp3) is 0.485. The third kappa shape index (κ3) is 9.04. The van der Waals surface area contributed by atoms with Crippen LogP contribution in [-0.4, -0.2) is 39.6 Å². The number of fused-ring (bicyclic) bond motifs is 1. The van der Waals surface area contributed by atoms with Gasteiger partial charge in [0, 0.05) is 34.6 Å². The summed E-state index contributed by atoms with van der Waals surface area (Å²) in [7, 11) is 0. The highest BCUT2D eigenvalue weighted by molar-refractivity contribution is 6.01. The maximum absolute atomic E-state index is 13.7. The molecule has 2 atom stereocenters. The molecule has 0 spiro atoms. The summed E-state index contributed by atoms with van der Waals surface area (Å²) in [5, 5.41) is 22.1. The molecular formula is C33H44FNO4. The van der Waals surface area contributed by atoms with Crippen LogP contribution < -0.4 is 0 Å². The maximum atomic E-state index is 13.7. The minimum atomic E-state index is -1.00. The molecule has 39 heavy (non-hydrogen) atoms. The van der Waals surface area contributed by atoms with E-state index in [1.54, 1.807) is 18.2 Å². The zero-order valence-corrected chi connectivity index (χ0v) is 23.6. The number of aliphatic hydroxyl groups excluding tert-OH is 2. The predicted molar refractivity (Wildman–Crippen MR) is 157 cm³/mol. The van der Waals surface area contributed by atoms with Crippen LogP contribution in [0.2, 0.25) is 0 Å². The van der Waals surface area contributed by atoms with E-state index in [2.05, 4.69) is 31.4 Å². The normalized spacial score (nSPS) is 13.4. The van der Waals surface area contributed by atoms with Gasteiger partial charge in [-0.25, -0.2) is 4.39 Å². The SMILES string of the molecule is CCCCCCCCCOC(=O)CC(O)CC(O)C=Cc1c(-c2ccc(F)cc2)c2ccccc2n1C(C)C. The number of aromatic nitrogens is 1. The second kappa shape index (κ2) is 15.6. The molecule has 1 aromatic heterocycles. The molecular weight excluding hydrogens is 493 g/mol. The molecule has 6 heteroatoms. The Labute approximate surface area is 232 Å². The molecule has 0 fully saturated rings. The second-order valence-corrected chi connectivity index (χ2v) is 10.6. The van der Waals surface area contributed by atoms with Gasteiger partial charge in [-0.2, -0.15) is 0 Å². The van der Waals surface area contributed by atoms with Gasteiger partial charge >= 0.3 is 5.97 Å². The Balaban J connectivity index is 1.62. The average Bonchev–Trinajstić information content (AvgIpc) is 3.23. The average molecular weight is 538 g/mol. The highest BCUT2D eigenvalue weighted by Crippen LogP contribution is 2.38. The lowest BCUT2D eigenvalue weighted by molar-refractivity contribution is -0.146. The summed E-state index contributed by atoms with van der Waals surface area (Å²) in [6, 6.07) is 14.6. The van der Waals surface area contributed by atoms with Gasteiger partial charge in [-0.1, -0.05) is 81.9 Å². The number of carbonyl (C=O) groups excluding carboxylic acids is 1. The molecule has 2 unspecified atom stereocenters. The number of para-hydroxylation sites is 1. The Morgan fingerprint density at radius 2 is 1.64 bits per heavy atom. The number of nitrogens with zero attached hydrogens (tertiary/aromatic N) is 1. The molecule has 0 aliphatic heterocycles. The summed E-state index contributed by atoms with van der Waals surface area (Å²) < 4.78 is 21.1. The summed E-state index contributed by atoms with van der Waals surface area (Å²) in [6.07, 6.45) is 9.42. The largest absolute Gasteiger partial charge is 0.466 e. The van der Waals surface area contributed by atoms with Crippen LogP contribution in [0.25, 0.3) is 28.1 Å². The highest BCUT2D eigenvalue weighted by atomic mass is 19.1. The Morgan fingerprint density at radius 3 is 2.33 bits per heavy atom. The van der Waals surface area contributed by atoms with Gasteiger partial charge in [-0.3, -0.25) is 4.79 Å². The van der Waals surface area contributed by atoms with Crippen molar-refractivity contribution in [3.8, 4) is 11.1 Å². The fourth-order valence-corrected chi connectivity index (χ4v) is 5.06. The molecule has 1 heterocycles. The molecule has 5 nitrogen and oxygen atoms in total. The van der Waals surface area contributed by atoms with E-state index in [1.165, 1.54) is 37.8 Å². The molecule has 0 radical (unpaired) electrons. The smallest absolute Gasteiger partial charge is 0.308 e. The van der Waals surface area contributed by atoms with Crippen molar-refractivity contribution in [2.45, 2.75) is 96.8 Å². The maximum Gasteiger partial charge on any atom is 0.308 e. The standard InChI is InChI=1S/C33H44FNO4/c1-4-5-6-7-8-9-12-21-39-32(38)23-28(37)22-27(36)19-20-31-33(25-15-17-26(34)18-16-25)29-13-10-11-14-30(29)35(31)24(2)3/h10-11,13-20,24,27-28,36-37H,4-9,12,21-23H2,1-3H3. The Morgan fingerprint density at radius 1 is 0.974 bits per heavy atom. The number of hydrogen-bond donors (Lipinski definition) is 2. The van der Waals surface area contributed by atoms with E-state index in [0.717, 1.165) is 47.0 Å². The van der Waals surface area contributed by atoms with Gasteiger partial charge in [-0.15, -0.1) is 0 Å². The Kier molecular flexibility index (Phi) is 12.2. The van der Waals surface area contributed by atoms with Crippen molar-refractivity contribution in [2.24, 2.45) is 0 Å². The summed E-state index contributed by atoms with van der Waals surface area (Å²) in [5.74, 6) is -0.739. The molecule has 212 valence electrons. The van der Waals surface area contributed by atoms with E-state index in [1.807, 2.05) is 24.3 Å². The van der Waals surface area contributed by atoms with E-state index in [9.17, 15) is 19.4 Å². The van der Waals surface area contributed by atoms with Crippen molar-refractivity contribution in [1.29, 1.82) is 0 Å². The molecule has 2 N–H and O–H groups in total. The van der Waals surface area contributed by atoms with Crippen LogP contribution in [0.5, 0.6) is 0 Å². The number of unbranched alkanes of at least 4 members (excludes halogenated alkanes) is 6. The molecule has 2 aromatic carbocycles. The van der Waals surface area contributed by atoms with Gasteiger partial charge in [0.05, 0.1) is 25.2 Å². The summed E-state index contributed by atoms with van der Waals surface area (Å²) in [4.78, 5) is 12.1. The van der Waals surface area contributed by atoms with E-state index in [0.29, 0.717) is 6.61 Å². The number of rotatable bonds is 16. The number of ether oxygens (including phenoxy) is 1. The van der Waals surface area contributed by atoms with Crippen molar-refractivity contribution in [3.63, 3.8) is 0 Å². The third-order valence-corrected chi connectivity index (χ3v) is 7.00. The Bertz CT molecular complexity index is 1200. The summed E-state index contributed by atoms with van der Waals surface area (Å²) in [5.41, 5.74) is 3.77. The van der Waals surface area contributed by atoms with Gasteiger partial charge in [0.1, 0.15) is 5.82 Å². The molecule has 3 aromatic rings. The second-order valence-electron chi connectivity index (χ2n) is 10.6. The van der Waals surface area contributed by atoms with Crippen molar-refractivity contribution < 1.29 is 24.1 Å². The van der Waals surface area contributed by atoms with Crippen LogP contribution in [0.3, 0.4) is 0 Å². The summed E-state index contributed by atoms with van der Waals surface area (Å²) in [6.45, 7) is 6.75. The van der Waals surface area contributed by atoms with Crippen molar-refractivity contribution in [1.82, 2.24) is 4.57 Å². The number of aliphatic hydroxyl groups is 2. The van der Waals surface area contributed by atoms with Crippen molar-refractivity contribution in [3.05, 3.63) is 66.1 Å². The topological polar surface area (TPSA) is 71.7 Å². The number of halogens is 1. The molecule has 0 aliphatic rings. The van der Waals surface area contributed by atoms with Gasteiger partial charge < -0.3 is 19.5 Å². The van der Waals surface area contributed by atoms with E-state index < -0.39 is 18.2 Å². The zero-order chi connectivity index (χ0) is 28.2. The van der Waals surface area contributed by atoms with Gasteiger partial charge in [0.15, 0.2) is 0 Å². The van der Waals surface area contributed by atoms with Crippen LogP contribution in [0, 0.1) is 5.82 Å². The van der Waals surface area contributed by atoms with E-state index >= 15 is 0 Å². The number of carbonyl (C=O) groups is 1. The number of benzene rings is 2. The monoisotopic (exact) mass is 537 g/mol. The van der Waals surface area contributed by atoms with Gasteiger partial charge in [-0.05, 0) is 50.1 Å². The number of hydrogen-bond acceptors (Lipinski definition) is 4. The lowest BCUT2D eigenvalue weighted by Crippen LogP contribution is -2.21. The first-order valence-corrected chi connectivity index (χ1v) is 14.4. The lowest BCUT2D eigenvalue weighted by Gasteiger charge is -2.15. The quantitative estimate of drug-likeness (QED) is 0.144. The first-order chi connectivity index (χ1) is 18.8. The predicted octanol–water partition coefficient (Wildman–Crippen LogP) is 7.84. The zero-order valence-electron chi connectivity index (χ0n) is 23.6. The first kappa shape index (κ1) is 30.6. The highest BCUT2D eigenvalue weighted by Gasteiger charge is 2.20. The molecule has 0 aliphatic carbocycles. The van der Waals surface area contributed by atoms with Crippen LogP contribution in [0.1, 0.15) is 90.3 Å². The van der Waals surface area contributed by atoms with Crippen molar-refractivity contribution >= 4 is 22.9 Å². The lowest BCUT2D eigenvalue weighted by atomic mass is 10.0. The summed E-state index contributed by atoms with van der Waals surface area (Å²) >= 11 is 0. The van der Waals surface area contributed by atoms with Crippen LogP contribution >= 0.6 is 0 Å². The van der Waals surface area contributed by atoms with Crippen molar-refractivity contribution in [2.75, 3.05) is 6.61 Å². The molecule has 3 rings (SSSR count). The van der Waals surface area contributed by atoms with E-state index in [-0.39, 0.29) is 24.7 Å². The Hall–Kier alpha value is -2.96. The molecule has 0 saturated heterocycles. The minimum absolute atomic E-state index is 0.0246. The molecule has 0 bridgehead atoms. The first-order valence-electron chi connectivity index (χ1n) is 14.4. The molecule has 0 saturated carbocycles. The van der Waals surface area contributed by atoms with Crippen LogP contribution in [-0.2, 0) is 9.53 Å². The van der Waals surface area contributed by atoms with Crippen LogP contribution in [0.4, 0.5) is 4.39 Å². The van der Waals surface area contributed by atoms with Gasteiger partial charge in [0.2, 0.25) is 0 Å². The van der Waals surface area contributed by atoms with Gasteiger partial charge in [0.25, 0.3) is 0 Å². The van der Waals surface area contributed by atoms with Crippen LogP contribution in [0.15, 0.2) is 54.6 Å². The number of esters is 1. The third-order valence-electron chi connectivity index (χ3n) is 7.00.